The highest BCUT2D eigenvalue weighted by Crippen LogP contribution is 2.22. The van der Waals surface area contributed by atoms with Crippen LogP contribution in [0.4, 0.5) is 4.79 Å². The van der Waals surface area contributed by atoms with Crippen LogP contribution in [0, 0.1) is 5.92 Å². The second kappa shape index (κ2) is 15.5. The highest BCUT2D eigenvalue weighted by atomic mass is 28.3. The first-order valence-corrected chi connectivity index (χ1v) is 12.1. The Kier molecular flexibility index (Phi) is 13.4. The average Bonchev–Trinajstić information content (AvgIpc) is 2.77. The van der Waals surface area contributed by atoms with Gasteiger partial charge in [0.25, 0.3) is 5.91 Å². The Hall–Kier alpha value is -2.30. The Balaban J connectivity index is 2.83. The highest BCUT2D eigenvalue weighted by Gasteiger charge is 2.19. The summed E-state index contributed by atoms with van der Waals surface area (Å²) in [5.74, 6) is 0.290. The molecule has 0 aliphatic rings. The monoisotopic (exact) mass is 452 g/mol. The fourth-order valence-corrected chi connectivity index (χ4v) is 3.98. The van der Waals surface area contributed by atoms with E-state index in [4.69, 9.17) is 18.7 Å². The summed E-state index contributed by atoms with van der Waals surface area (Å²) in [5, 5.41) is 18.9. The maximum Gasteiger partial charge on any atom is 0.406 e. The smallest absolute Gasteiger partial charge is 0.406 e. The quantitative estimate of drug-likeness (QED) is 0.296. The number of carbonyl (C=O) groups excluding carboxylic acids is 1. The van der Waals surface area contributed by atoms with Gasteiger partial charge in [-0.3, -0.25) is 10.1 Å². The van der Waals surface area contributed by atoms with E-state index < -0.39 is 27.4 Å². The molecule has 0 bridgehead atoms. The van der Waals surface area contributed by atoms with E-state index >= 15 is 0 Å². The third-order valence-corrected chi connectivity index (χ3v) is 6.40. The summed E-state index contributed by atoms with van der Waals surface area (Å²) < 4.78 is 16.3. The van der Waals surface area contributed by atoms with Gasteiger partial charge in [0.05, 0.1) is 12.2 Å². The van der Waals surface area contributed by atoms with Crippen LogP contribution >= 0.6 is 0 Å². The van der Waals surface area contributed by atoms with Crippen molar-refractivity contribution in [2.75, 3.05) is 20.8 Å². The van der Waals surface area contributed by atoms with Crippen molar-refractivity contribution in [3.63, 3.8) is 0 Å². The van der Waals surface area contributed by atoms with Crippen molar-refractivity contribution in [3.8, 4) is 5.75 Å². The van der Waals surface area contributed by atoms with Gasteiger partial charge >= 0.3 is 15.4 Å². The maximum atomic E-state index is 12.6. The lowest BCUT2D eigenvalue weighted by molar-refractivity contribution is 0.0985. The predicted molar refractivity (Wildman–Crippen MR) is 119 cm³/mol. The molecule has 0 heterocycles. The first kappa shape index (κ1) is 26.7. The maximum absolute atomic E-state index is 12.6. The molecule has 1 rings (SSSR count). The molecule has 1 aromatic carbocycles. The number of ether oxygens (including phenoxy) is 1. The summed E-state index contributed by atoms with van der Waals surface area (Å²) in [6.07, 6.45) is 2.54. The molecule has 2 atom stereocenters. The average molecular weight is 453 g/mol. The first-order chi connectivity index (χ1) is 14.9. The number of benzene rings is 1. The Morgan fingerprint density at radius 1 is 1.16 bits per heavy atom. The number of nitrogens with zero attached hydrogens (tertiary/aromatic N) is 2. The van der Waals surface area contributed by atoms with E-state index in [9.17, 15) is 9.59 Å². The van der Waals surface area contributed by atoms with E-state index in [1.54, 1.807) is 24.3 Å². The van der Waals surface area contributed by atoms with Crippen molar-refractivity contribution in [2.45, 2.75) is 58.2 Å². The van der Waals surface area contributed by atoms with Gasteiger partial charge in [0.1, 0.15) is 11.9 Å². The van der Waals surface area contributed by atoms with E-state index in [1.807, 2.05) is 0 Å². The van der Waals surface area contributed by atoms with Gasteiger partial charge in [-0.2, -0.15) is 5.11 Å². The van der Waals surface area contributed by atoms with Gasteiger partial charge in [0, 0.05) is 14.2 Å². The molecule has 0 saturated heterocycles. The Labute approximate surface area is 186 Å². The highest BCUT2D eigenvalue weighted by molar-refractivity contribution is 6.44. The van der Waals surface area contributed by atoms with Crippen molar-refractivity contribution in [3.05, 3.63) is 29.8 Å². The minimum absolute atomic E-state index is 0.296. The van der Waals surface area contributed by atoms with Crippen LogP contribution in [0.15, 0.2) is 34.5 Å². The topological polar surface area (TPSA) is 119 Å². The second-order valence-electron chi connectivity index (χ2n) is 7.03. The van der Waals surface area contributed by atoms with Gasteiger partial charge < -0.3 is 18.7 Å². The van der Waals surface area contributed by atoms with Crippen molar-refractivity contribution >= 4 is 21.3 Å². The first-order valence-electron chi connectivity index (χ1n) is 10.5. The van der Waals surface area contributed by atoms with Crippen LogP contribution in [0.25, 0.3) is 0 Å². The van der Waals surface area contributed by atoms with Gasteiger partial charge in [-0.1, -0.05) is 45.2 Å². The zero-order chi connectivity index (χ0) is 23.1. The third kappa shape index (κ3) is 10.5. The number of rotatable bonds is 15. The van der Waals surface area contributed by atoms with E-state index in [2.05, 4.69) is 29.4 Å². The molecule has 0 aromatic heterocycles. The molecule has 0 aliphatic carbocycles. The van der Waals surface area contributed by atoms with Gasteiger partial charge in [0.2, 0.25) is 0 Å². The van der Waals surface area contributed by atoms with Crippen LogP contribution < -0.4 is 10.1 Å². The van der Waals surface area contributed by atoms with E-state index in [1.165, 1.54) is 14.2 Å². The third-order valence-electron chi connectivity index (χ3n) is 4.79. The van der Waals surface area contributed by atoms with Crippen molar-refractivity contribution < 1.29 is 28.3 Å². The molecule has 1 aromatic rings. The minimum Gasteiger partial charge on any atom is -0.492 e. The van der Waals surface area contributed by atoms with E-state index in [-0.39, 0.29) is 0 Å². The van der Waals surface area contributed by atoms with Gasteiger partial charge in [-0.05, 0) is 36.9 Å². The number of hydrogen-bond acceptors (Lipinski definition) is 6. The molecule has 1 radical (unpaired) electrons. The lowest BCUT2D eigenvalue weighted by atomic mass is 10.0. The minimum atomic E-state index is -1.51. The van der Waals surface area contributed by atoms with Gasteiger partial charge in [0.15, 0.2) is 0 Å². The number of carboxylic acid groups (broad SMARTS) is 1. The van der Waals surface area contributed by atoms with Gasteiger partial charge in [-0.15, -0.1) is 5.11 Å². The summed E-state index contributed by atoms with van der Waals surface area (Å²) >= 11 is 0. The molecule has 2 unspecified atom stereocenters. The van der Waals surface area contributed by atoms with Crippen LogP contribution in [0.5, 0.6) is 5.75 Å². The molecule has 173 valence electrons. The van der Waals surface area contributed by atoms with Crippen LogP contribution in [0.2, 0.25) is 6.04 Å². The van der Waals surface area contributed by atoms with Crippen LogP contribution in [-0.4, -0.2) is 53.4 Å². The normalized spacial score (nSPS) is 13.3. The summed E-state index contributed by atoms with van der Waals surface area (Å²) in [6.45, 7) is 4.82. The molecular weight excluding hydrogens is 418 g/mol. The number of unbranched alkanes of at least 4 members (excludes halogenated alkanes) is 1. The molecule has 9 nitrogen and oxygen atoms in total. The lowest BCUT2D eigenvalue weighted by Crippen LogP contribution is -2.33. The summed E-state index contributed by atoms with van der Waals surface area (Å²) in [4.78, 5) is 23.7. The predicted octanol–water partition coefficient (Wildman–Crippen LogP) is 4.64. The Bertz CT molecular complexity index is 699. The SMILES string of the molecule is CCCCC(CC)COc1ccccc1C(=O)N=NC(CC[Si](OC)OC)NC(=O)O. The summed E-state index contributed by atoms with van der Waals surface area (Å²) in [5.41, 5.74) is 0.296. The number of hydrogen-bond donors (Lipinski definition) is 2. The Morgan fingerprint density at radius 3 is 2.48 bits per heavy atom. The fourth-order valence-electron chi connectivity index (χ4n) is 2.89. The Morgan fingerprint density at radius 2 is 1.87 bits per heavy atom. The fraction of sp³-hybridized carbons (Fsp3) is 0.619. The number of amides is 2. The van der Waals surface area contributed by atoms with Crippen LogP contribution in [0.3, 0.4) is 0 Å². The molecule has 31 heavy (non-hydrogen) atoms. The van der Waals surface area contributed by atoms with Gasteiger partial charge in [-0.25, -0.2) is 4.79 Å². The summed E-state index contributed by atoms with van der Waals surface area (Å²) in [6, 6.07) is 7.35. The number of carbonyl (C=O) groups is 2. The largest absolute Gasteiger partial charge is 0.492 e. The number of para-hydroxylation sites is 1. The van der Waals surface area contributed by atoms with Crippen molar-refractivity contribution in [1.29, 1.82) is 0 Å². The van der Waals surface area contributed by atoms with E-state index in [0.29, 0.717) is 36.3 Å². The zero-order valence-electron chi connectivity index (χ0n) is 18.8. The van der Waals surface area contributed by atoms with Crippen LogP contribution in [0.1, 0.15) is 56.3 Å². The van der Waals surface area contributed by atoms with Crippen molar-refractivity contribution in [2.24, 2.45) is 16.1 Å². The van der Waals surface area contributed by atoms with Crippen LogP contribution in [-0.2, 0) is 8.85 Å². The molecule has 0 saturated carbocycles. The molecule has 10 heteroatoms. The lowest BCUT2D eigenvalue weighted by Gasteiger charge is -2.17. The summed E-state index contributed by atoms with van der Waals surface area (Å²) in [7, 11) is 1.55. The standard InChI is InChI=1S/C21H34N3O6Si/c1-5-7-10-16(6-2)15-30-18-12-9-8-11-17(18)20(25)24-23-19(22-21(26)27)13-14-31(28-3)29-4/h8-9,11-12,16,19,22H,5-7,10,13-15H2,1-4H3,(H,26,27). The molecule has 2 N–H and O–H groups in total. The number of nitrogens with one attached hydrogen (secondary N) is 1. The number of azo groups is 1. The zero-order valence-corrected chi connectivity index (χ0v) is 19.8. The van der Waals surface area contributed by atoms with E-state index in [0.717, 1.165) is 25.7 Å². The van der Waals surface area contributed by atoms with Crippen molar-refractivity contribution in [1.82, 2.24) is 5.32 Å². The molecule has 0 aliphatic heterocycles. The molecule has 2 amide bonds. The molecule has 0 spiro atoms. The molecular formula is C21H34N3O6Si. The second-order valence-corrected chi connectivity index (χ2v) is 9.09. The molecule has 0 fully saturated rings.